The molecule has 1 N–H and O–H groups in total. The van der Waals surface area contributed by atoms with Crippen molar-refractivity contribution in [3.8, 4) is 0 Å². The van der Waals surface area contributed by atoms with Crippen LogP contribution < -0.4 is 0 Å². The van der Waals surface area contributed by atoms with E-state index < -0.39 is 0 Å². The summed E-state index contributed by atoms with van der Waals surface area (Å²) >= 11 is 0. The van der Waals surface area contributed by atoms with Crippen molar-refractivity contribution >= 4 is 0 Å². The Morgan fingerprint density at radius 3 is 2.43 bits per heavy atom. The summed E-state index contributed by atoms with van der Waals surface area (Å²) < 4.78 is 0. The van der Waals surface area contributed by atoms with E-state index in [-0.39, 0.29) is 6.10 Å². The molecule has 1 nitrogen and oxygen atoms in total. The minimum absolute atomic E-state index is 0.00225. The second kappa shape index (κ2) is 6.85. The number of hydrogen-bond acceptors (Lipinski definition) is 1. The van der Waals surface area contributed by atoms with Crippen LogP contribution in [0.15, 0.2) is 12.2 Å². The van der Waals surface area contributed by atoms with Crippen molar-refractivity contribution in [2.45, 2.75) is 118 Å². The van der Waals surface area contributed by atoms with Gasteiger partial charge in [-0.15, -0.1) is 0 Å². The van der Waals surface area contributed by atoms with Crippen molar-refractivity contribution in [3.05, 3.63) is 12.2 Å². The Labute approximate surface area is 186 Å². The standard InChI is InChI=1S/C29H48O/c1-19(2)20(3)7-8-21(4)24-12-13-27(6)25-10-9-22-17-23(30)11-14-28(22)18-29(25,28)16-15-26(24,27)5/h20-25,30H,1,7-18H2,2-6H3. The highest BCUT2D eigenvalue weighted by molar-refractivity contribution is 5.29. The van der Waals surface area contributed by atoms with E-state index in [9.17, 15) is 5.11 Å². The zero-order valence-electron chi connectivity index (χ0n) is 20.6. The Morgan fingerprint density at radius 2 is 1.70 bits per heavy atom. The van der Waals surface area contributed by atoms with Crippen molar-refractivity contribution < 1.29 is 5.11 Å². The SMILES string of the molecule is C=C(C)C(C)CCC(C)C1CCC2(C)C3CCC4CC(O)CCC45CC35CCC12C. The summed E-state index contributed by atoms with van der Waals surface area (Å²) in [5.41, 5.74) is 3.75. The minimum Gasteiger partial charge on any atom is -0.393 e. The third-order valence-electron chi connectivity index (χ3n) is 12.8. The van der Waals surface area contributed by atoms with E-state index >= 15 is 0 Å². The second-order valence-electron chi connectivity index (χ2n) is 13.5. The summed E-state index contributed by atoms with van der Waals surface area (Å²) in [7, 11) is 0. The molecule has 0 heterocycles. The number of aliphatic hydroxyl groups excluding tert-OH is 1. The second-order valence-corrected chi connectivity index (χ2v) is 13.5. The fraction of sp³-hybridized carbons (Fsp3) is 0.931. The Hall–Kier alpha value is -0.300. The highest BCUT2D eigenvalue weighted by Crippen LogP contribution is 2.87. The summed E-state index contributed by atoms with van der Waals surface area (Å²) in [4.78, 5) is 0. The predicted octanol–water partition coefficient (Wildman–Crippen LogP) is 7.78. The first-order valence-corrected chi connectivity index (χ1v) is 13.4. The molecule has 10 unspecified atom stereocenters. The molecule has 170 valence electrons. The van der Waals surface area contributed by atoms with Crippen LogP contribution in [0.3, 0.4) is 0 Å². The van der Waals surface area contributed by atoms with Crippen LogP contribution in [0.25, 0.3) is 0 Å². The van der Waals surface area contributed by atoms with Gasteiger partial charge in [-0.3, -0.25) is 0 Å². The number of fused-ring (bicyclic) bond motifs is 2. The van der Waals surface area contributed by atoms with E-state index in [4.69, 9.17) is 0 Å². The van der Waals surface area contributed by atoms with Gasteiger partial charge in [0.05, 0.1) is 6.10 Å². The lowest BCUT2D eigenvalue weighted by Crippen LogP contribution is -2.55. The molecule has 5 aliphatic rings. The summed E-state index contributed by atoms with van der Waals surface area (Å²) in [6, 6.07) is 0. The molecule has 0 saturated heterocycles. The lowest BCUT2D eigenvalue weighted by Gasteiger charge is -2.61. The van der Waals surface area contributed by atoms with Crippen molar-refractivity contribution in [3.63, 3.8) is 0 Å². The Kier molecular flexibility index (Phi) is 4.92. The van der Waals surface area contributed by atoms with E-state index in [0.717, 1.165) is 36.5 Å². The van der Waals surface area contributed by atoms with Gasteiger partial charge in [0.1, 0.15) is 0 Å². The predicted molar refractivity (Wildman–Crippen MR) is 126 cm³/mol. The van der Waals surface area contributed by atoms with Crippen molar-refractivity contribution in [2.24, 2.45) is 51.2 Å². The third kappa shape index (κ3) is 2.63. The first-order valence-electron chi connectivity index (χ1n) is 13.4. The molecule has 0 radical (unpaired) electrons. The zero-order chi connectivity index (χ0) is 21.5. The van der Waals surface area contributed by atoms with Gasteiger partial charge in [-0.1, -0.05) is 39.8 Å². The van der Waals surface area contributed by atoms with Crippen LogP contribution in [-0.4, -0.2) is 11.2 Å². The van der Waals surface area contributed by atoms with Gasteiger partial charge < -0.3 is 5.11 Å². The number of allylic oxidation sites excluding steroid dienone is 1. The maximum absolute atomic E-state index is 10.3. The van der Waals surface area contributed by atoms with Crippen molar-refractivity contribution in [1.29, 1.82) is 0 Å². The Balaban J connectivity index is 1.36. The average Bonchev–Trinajstić information content (AvgIpc) is 3.28. The number of rotatable bonds is 5. The largest absolute Gasteiger partial charge is 0.393 e. The molecule has 10 atom stereocenters. The molecular weight excluding hydrogens is 364 g/mol. The van der Waals surface area contributed by atoms with Crippen molar-refractivity contribution in [2.75, 3.05) is 0 Å². The third-order valence-corrected chi connectivity index (χ3v) is 12.8. The molecule has 0 aromatic carbocycles. The monoisotopic (exact) mass is 412 g/mol. The van der Waals surface area contributed by atoms with Gasteiger partial charge in [0.2, 0.25) is 0 Å². The van der Waals surface area contributed by atoms with Crippen LogP contribution in [0, 0.1) is 51.2 Å². The van der Waals surface area contributed by atoms with Gasteiger partial charge in [-0.05, 0) is 135 Å². The normalized spacial score (nSPS) is 53.7. The van der Waals surface area contributed by atoms with Crippen LogP contribution in [-0.2, 0) is 0 Å². The molecule has 5 aliphatic carbocycles. The quantitative estimate of drug-likeness (QED) is 0.457. The summed E-state index contributed by atoms with van der Waals surface area (Å²) in [6.45, 7) is 16.8. The van der Waals surface area contributed by atoms with E-state index in [0.29, 0.717) is 27.6 Å². The van der Waals surface area contributed by atoms with Crippen LogP contribution in [0.4, 0.5) is 0 Å². The topological polar surface area (TPSA) is 20.2 Å². The maximum atomic E-state index is 10.3. The van der Waals surface area contributed by atoms with Crippen molar-refractivity contribution in [1.82, 2.24) is 0 Å². The van der Waals surface area contributed by atoms with Gasteiger partial charge >= 0.3 is 0 Å². The molecule has 1 heteroatoms. The number of aliphatic hydroxyl groups is 1. The van der Waals surface area contributed by atoms with Crippen LogP contribution >= 0.6 is 0 Å². The van der Waals surface area contributed by atoms with E-state index in [2.05, 4.69) is 41.2 Å². The van der Waals surface area contributed by atoms with Crippen LogP contribution in [0.1, 0.15) is 112 Å². The van der Waals surface area contributed by atoms with Gasteiger partial charge in [0.25, 0.3) is 0 Å². The molecule has 0 bridgehead atoms. The molecule has 0 aromatic heterocycles. The summed E-state index contributed by atoms with van der Waals surface area (Å²) in [6.07, 6.45) is 16.5. The molecule has 0 aliphatic heterocycles. The average molecular weight is 413 g/mol. The van der Waals surface area contributed by atoms with Gasteiger partial charge in [-0.25, -0.2) is 0 Å². The highest BCUT2D eigenvalue weighted by Gasteiger charge is 2.80. The summed E-state index contributed by atoms with van der Waals surface area (Å²) in [5, 5.41) is 10.3. The molecule has 5 fully saturated rings. The lowest BCUT2D eigenvalue weighted by atomic mass is 9.43. The van der Waals surface area contributed by atoms with E-state index in [1.165, 1.54) is 69.8 Å². The van der Waals surface area contributed by atoms with Gasteiger partial charge in [-0.2, -0.15) is 0 Å². The molecule has 0 amide bonds. The van der Waals surface area contributed by atoms with Gasteiger partial charge in [0, 0.05) is 0 Å². The Bertz CT molecular complexity index is 711. The molecule has 5 rings (SSSR count). The van der Waals surface area contributed by atoms with E-state index in [1.807, 2.05) is 0 Å². The maximum Gasteiger partial charge on any atom is 0.0543 e. The minimum atomic E-state index is -0.00225. The van der Waals surface area contributed by atoms with Crippen LogP contribution in [0.5, 0.6) is 0 Å². The van der Waals surface area contributed by atoms with Crippen LogP contribution in [0.2, 0.25) is 0 Å². The molecule has 30 heavy (non-hydrogen) atoms. The highest BCUT2D eigenvalue weighted by atomic mass is 16.3. The molecular formula is C29H48O. The smallest absolute Gasteiger partial charge is 0.0543 e. The molecule has 2 spiro atoms. The van der Waals surface area contributed by atoms with Gasteiger partial charge in [0.15, 0.2) is 0 Å². The Morgan fingerprint density at radius 1 is 0.933 bits per heavy atom. The summed E-state index contributed by atoms with van der Waals surface area (Å²) in [5.74, 6) is 4.23. The fourth-order valence-corrected chi connectivity index (χ4v) is 10.5. The van der Waals surface area contributed by atoms with E-state index in [1.54, 1.807) is 0 Å². The molecule has 5 saturated carbocycles. The fourth-order valence-electron chi connectivity index (χ4n) is 10.5. The lowest BCUT2D eigenvalue weighted by molar-refractivity contribution is -0.133. The first kappa shape index (κ1) is 21.5. The molecule has 0 aromatic rings. The number of hydrogen-bond donors (Lipinski definition) is 1. The first-order chi connectivity index (χ1) is 14.1. The zero-order valence-corrected chi connectivity index (χ0v) is 20.6.